The first-order valence-corrected chi connectivity index (χ1v) is 7.26. The van der Waals surface area contributed by atoms with Crippen LogP contribution in [0.4, 0.5) is 0 Å². The van der Waals surface area contributed by atoms with Gasteiger partial charge in [0.25, 0.3) is 0 Å². The van der Waals surface area contributed by atoms with Gasteiger partial charge >= 0.3 is 0 Å². The van der Waals surface area contributed by atoms with E-state index in [4.69, 9.17) is 23.2 Å². The van der Waals surface area contributed by atoms with Crippen LogP contribution in [0.15, 0.2) is 33.4 Å². The maximum absolute atomic E-state index is 12.1. The number of ketones is 1. The summed E-state index contributed by atoms with van der Waals surface area (Å²) in [6, 6.07) is 5.23. The van der Waals surface area contributed by atoms with Crippen molar-refractivity contribution in [2.45, 2.75) is 6.42 Å². The highest BCUT2D eigenvalue weighted by atomic mass is 79.9. The topological polar surface area (TPSA) is 17.1 Å². The average molecular weight is 350 g/mol. The molecule has 0 saturated heterocycles. The maximum Gasteiger partial charge on any atom is 0.169 e. The van der Waals surface area contributed by atoms with Gasteiger partial charge in [0, 0.05) is 37.3 Å². The second-order valence-corrected chi connectivity index (χ2v) is 5.85. The van der Waals surface area contributed by atoms with Crippen LogP contribution in [0.25, 0.3) is 0 Å². The van der Waals surface area contributed by atoms with Crippen LogP contribution in [0.1, 0.15) is 15.9 Å². The normalized spacial score (nSPS) is 10.5. The van der Waals surface area contributed by atoms with Crippen molar-refractivity contribution >= 4 is 56.3 Å². The van der Waals surface area contributed by atoms with Crippen molar-refractivity contribution in [2.75, 3.05) is 0 Å². The highest BCUT2D eigenvalue weighted by Crippen LogP contribution is 2.28. The summed E-state index contributed by atoms with van der Waals surface area (Å²) in [5, 5.41) is 4.74. The Morgan fingerprint density at radius 3 is 2.41 bits per heavy atom. The number of halogens is 3. The Labute approximate surface area is 121 Å². The van der Waals surface area contributed by atoms with Gasteiger partial charge < -0.3 is 0 Å². The molecular weight excluding hydrogens is 343 g/mol. The van der Waals surface area contributed by atoms with Crippen LogP contribution in [0, 0.1) is 0 Å². The number of benzene rings is 1. The van der Waals surface area contributed by atoms with Gasteiger partial charge in [0.2, 0.25) is 0 Å². The third kappa shape index (κ3) is 2.91. The molecule has 1 aromatic heterocycles. The van der Waals surface area contributed by atoms with E-state index in [2.05, 4.69) is 15.9 Å². The number of carbonyl (C=O) groups is 1. The van der Waals surface area contributed by atoms with E-state index in [1.807, 2.05) is 10.8 Å². The molecule has 0 spiro atoms. The third-order valence-corrected chi connectivity index (χ3v) is 4.73. The van der Waals surface area contributed by atoms with Crippen molar-refractivity contribution in [1.29, 1.82) is 0 Å². The second-order valence-electron chi connectivity index (χ2n) is 3.43. The lowest BCUT2D eigenvalue weighted by atomic mass is 10.1. The fourth-order valence-electron chi connectivity index (χ4n) is 1.44. The predicted molar refractivity (Wildman–Crippen MR) is 76.5 cm³/mol. The Balaban J connectivity index is 2.28. The van der Waals surface area contributed by atoms with Gasteiger partial charge in [-0.25, -0.2) is 0 Å². The average Bonchev–Trinajstić information content (AvgIpc) is 2.70. The lowest BCUT2D eigenvalue weighted by Gasteiger charge is -2.05. The zero-order valence-corrected chi connectivity index (χ0v) is 12.5. The highest BCUT2D eigenvalue weighted by molar-refractivity contribution is 9.10. The summed E-state index contributed by atoms with van der Waals surface area (Å²) in [5.74, 6) is 0.00752. The van der Waals surface area contributed by atoms with E-state index in [0.29, 0.717) is 21.2 Å². The van der Waals surface area contributed by atoms with Crippen LogP contribution >= 0.6 is 50.5 Å². The third-order valence-electron chi connectivity index (χ3n) is 2.31. The quantitative estimate of drug-likeness (QED) is 0.692. The number of rotatable bonds is 3. The van der Waals surface area contributed by atoms with E-state index in [0.717, 1.165) is 4.47 Å². The number of carbonyl (C=O) groups excluding carboxylic acids is 1. The molecule has 17 heavy (non-hydrogen) atoms. The number of thiophene rings is 1. The molecule has 1 aromatic carbocycles. The summed E-state index contributed by atoms with van der Waals surface area (Å²) < 4.78 is 0.815. The van der Waals surface area contributed by atoms with Gasteiger partial charge in [0.05, 0.1) is 0 Å². The van der Waals surface area contributed by atoms with E-state index in [1.165, 1.54) is 11.3 Å². The van der Waals surface area contributed by atoms with Gasteiger partial charge in [-0.2, -0.15) is 11.3 Å². The standard InChI is InChI=1S/C12H7BrCl2OS/c13-9-6-17-5-8(9)12(16)4-7-10(14)2-1-3-11(7)15/h1-3,5-6H,4H2. The van der Waals surface area contributed by atoms with Gasteiger partial charge in [0.15, 0.2) is 5.78 Å². The Morgan fingerprint density at radius 2 is 1.88 bits per heavy atom. The van der Waals surface area contributed by atoms with Crippen molar-refractivity contribution < 1.29 is 4.79 Å². The van der Waals surface area contributed by atoms with E-state index in [9.17, 15) is 4.79 Å². The highest BCUT2D eigenvalue weighted by Gasteiger charge is 2.15. The Kier molecular flexibility index (Phi) is 4.26. The van der Waals surface area contributed by atoms with Gasteiger partial charge in [-0.15, -0.1) is 0 Å². The molecule has 0 unspecified atom stereocenters. The maximum atomic E-state index is 12.1. The molecule has 0 aliphatic heterocycles. The summed E-state index contributed by atoms with van der Waals surface area (Å²) >= 11 is 16.9. The van der Waals surface area contributed by atoms with Crippen molar-refractivity contribution in [3.8, 4) is 0 Å². The van der Waals surface area contributed by atoms with E-state index in [-0.39, 0.29) is 12.2 Å². The molecule has 0 aliphatic carbocycles. The second kappa shape index (κ2) is 5.53. The largest absolute Gasteiger partial charge is 0.294 e. The summed E-state index contributed by atoms with van der Waals surface area (Å²) in [4.78, 5) is 12.1. The summed E-state index contributed by atoms with van der Waals surface area (Å²) in [5.41, 5.74) is 1.35. The Morgan fingerprint density at radius 1 is 1.24 bits per heavy atom. The molecule has 0 saturated carbocycles. The lowest BCUT2D eigenvalue weighted by molar-refractivity contribution is 0.0992. The summed E-state index contributed by atoms with van der Waals surface area (Å²) in [6.45, 7) is 0. The molecule has 0 N–H and O–H groups in total. The molecule has 0 radical (unpaired) electrons. The molecule has 1 nitrogen and oxygen atoms in total. The van der Waals surface area contributed by atoms with Crippen LogP contribution in [0.5, 0.6) is 0 Å². The molecule has 0 atom stereocenters. The zero-order valence-electron chi connectivity index (χ0n) is 8.54. The van der Waals surface area contributed by atoms with E-state index >= 15 is 0 Å². The first kappa shape index (κ1) is 13.1. The smallest absolute Gasteiger partial charge is 0.169 e. The van der Waals surface area contributed by atoms with E-state index < -0.39 is 0 Å². The monoisotopic (exact) mass is 348 g/mol. The van der Waals surface area contributed by atoms with Gasteiger partial charge in [0.1, 0.15) is 0 Å². The van der Waals surface area contributed by atoms with Crippen molar-refractivity contribution in [3.63, 3.8) is 0 Å². The summed E-state index contributed by atoms with van der Waals surface area (Å²) in [6.07, 6.45) is 0.216. The van der Waals surface area contributed by atoms with Crippen LogP contribution < -0.4 is 0 Å². The fourth-order valence-corrected chi connectivity index (χ4v) is 3.49. The fraction of sp³-hybridized carbons (Fsp3) is 0.0833. The molecule has 1 heterocycles. The molecule has 2 aromatic rings. The zero-order chi connectivity index (χ0) is 12.4. The van der Waals surface area contributed by atoms with Crippen LogP contribution in [-0.4, -0.2) is 5.78 Å². The predicted octanol–water partition coefficient (Wildman–Crippen LogP) is 5.24. The SMILES string of the molecule is O=C(Cc1c(Cl)cccc1Cl)c1cscc1Br. The Hall–Kier alpha value is -0.350. The molecule has 5 heteroatoms. The van der Waals surface area contributed by atoms with Gasteiger partial charge in [-0.05, 0) is 33.6 Å². The number of Topliss-reactive ketones (excluding diaryl/α,β-unsaturated/α-hetero) is 1. The minimum atomic E-state index is 0.00752. The van der Waals surface area contributed by atoms with Crippen molar-refractivity contribution in [3.05, 3.63) is 54.6 Å². The van der Waals surface area contributed by atoms with E-state index in [1.54, 1.807) is 18.2 Å². The molecule has 2 rings (SSSR count). The lowest BCUT2D eigenvalue weighted by Crippen LogP contribution is -2.04. The van der Waals surface area contributed by atoms with Gasteiger partial charge in [-0.1, -0.05) is 29.3 Å². The van der Waals surface area contributed by atoms with Crippen LogP contribution in [0.3, 0.4) is 0 Å². The van der Waals surface area contributed by atoms with Crippen molar-refractivity contribution in [2.24, 2.45) is 0 Å². The minimum absolute atomic E-state index is 0.00752. The number of hydrogen-bond acceptors (Lipinski definition) is 2. The molecule has 0 amide bonds. The molecule has 0 fully saturated rings. The van der Waals surface area contributed by atoms with Crippen LogP contribution in [-0.2, 0) is 6.42 Å². The molecule has 0 aliphatic rings. The van der Waals surface area contributed by atoms with Crippen LogP contribution in [0.2, 0.25) is 10.0 Å². The number of hydrogen-bond donors (Lipinski definition) is 0. The minimum Gasteiger partial charge on any atom is -0.294 e. The first-order chi connectivity index (χ1) is 8.09. The molecule has 88 valence electrons. The van der Waals surface area contributed by atoms with Gasteiger partial charge in [-0.3, -0.25) is 4.79 Å². The molecule has 0 bridgehead atoms. The summed E-state index contributed by atoms with van der Waals surface area (Å²) in [7, 11) is 0. The first-order valence-electron chi connectivity index (χ1n) is 4.77. The van der Waals surface area contributed by atoms with Crippen molar-refractivity contribution in [1.82, 2.24) is 0 Å². The molecular formula is C12H7BrCl2OS. The Bertz CT molecular complexity index is 545.